The summed E-state index contributed by atoms with van der Waals surface area (Å²) in [4.78, 5) is 12.4. The third-order valence-electron chi connectivity index (χ3n) is 4.78. The van der Waals surface area contributed by atoms with Gasteiger partial charge in [-0.25, -0.2) is 0 Å². The summed E-state index contributed by atoms with van der Waals surface area (Å²) in [5, 5.41) is 30.1. The molecular formula is C21H32O7. The maximum Gasteiger partial charge on any atom is 0.306 e. The van der Waals surface area contributed by atoms with Gasteiger partial charge in [0, 0.05) is 7.77 Å². The van der Waals surface area contributed by atoms with Gasteiger partial charge in [-0.3, -0.25) is 4.79 Å². The first-order chi connectivity index (χ1) is 13.9. The normalized spacial score (nSPS) is 29.0. The molecule has 1 heterocycles. The molecule has 0 saturated carbocycles. The van der Waals surface area contributed by atoms with E-state index in [4.69, 9.17) is 15.6 Å². The Bertz CT molecular complexity index is 641. The Kier molecular flexibility index (Phi) is 8.54. The van der Waals surface area contributed by atoms with Crippen molar-refractivity contribution in [3.8, 4) is 5.75 Å². The monoisotopic (exact) mass is 397 g/mol. The highest BCUT2D eigenvalue weighted by Crippen LogP contribution is 2.28. The van der Waals surface area contributed by atoms with E-state index >= 15 is 0 Å². The van der Waals surface area contributed by atoms with E-state index in [2.05, 4.69) is 6.92 Å². The summed E-state index contributed by atoms with van der Waals surface area (Å²) in [6.07, 6.45) is -3.60. The zero-order valence-corrected chi connectivity index (χ0v) is 16.5. The molecule has 2 rings (SSSR count). The number of carbonyl (C=O) groups excluding carboxylic acids is 1. The second-order valence-electron chi connectivity index (χ2n) is 7.04. The van der Waals surface area contributed by atoms with E-state index < -0.39 is 49.7 Å². The van der Waals surface area contributed by atoms with E-state index in [0.29, 0.717) is 12.2 Å². The predicted molar refractivity (Wildman–Crippen MR) is 103 cm³/mol. The van der Waals surface area contributed by atoms with Crippen molar-refractivity contribution in [2.24, 2.45) is 0 Å². The molecule has 0 bridgehead atoms. The first-order valence-corrected chi connectivity index (χ1v) is 9.86. The molecule has 1 saturated heterocycles. The van der Waals surface area contributed by atoms with Crippen LogP contribution in [0.1, 0.15) is 52.4 Å². The van der Waals surface area contributed by atoms with Crippen molar-refractivity contribution in [3.05, 3.63) is 29.8 Å². The summed E-state index contributed by atoms with van der Waals surface area (Å²) >= 11 is 0. The molecule has 0 spiro atoms. The average Bonchev–Trinajstić information content (AvgIpc) is 2.71. The zero-order valence-electron chi connectivity index (χ0n) is 17.5. The molecule has 3 N–H and O–H groups in total. The second kappa shape index (κ2) is 11.4. The quantitative estimate of drug-likeness (QED) is 0.410. The van der Waals surface area contributed by atoms with E-state index in [1.807, 2.05) is 19.1 Å². The lowest BCUT2D eigenvalue weighted by Gasteiger charge is -2.41. The summed E-state index contributed by atoms with van der Waals surface area (Å²) in [5.41, 5.74) is 0.802. The molecule has 7 nitrogen and oxygen atoms in total. The third kappa shape index (κ3) is 6.17. The van der Waals surface area contributed by atoms with Crippen molar-refractivity contribution in [1.82, 2.24) is 0 Å². The van der Waals surface area contributed by atoms with Gasteiger partial charge in [0.15, 0.2) is 6.10 Å². The van der Waals surface area contributed by atoms with Crippen LogP contribution in [0.4, 0.5) is 0 Å². The lowest BCUT2D eigenvalue weighted by Crippen LogP contribution is -2.61. The number of carbonyl (C=O) groups is 1. The minimum absolute atomic E-state index is 0.355. The minimum Gasteiger partial charge on any atom is -0.460 e. The third-order valence-corrected chi connectivity index (χ3v) is 4.78. The van der Waals surface area contributed by atoms with Crippen molar-refractivity contribution in [3.63, 3.8) is 0 Å². The summed E-state index contributed by atoms with van der Waals surface area (Å²) in [6.45, 7) is 3.37. The van der Waals surface area contributed by atoms with Gasteiger partial charge in [-0.1, -0.05) is 50.8 Å². The van der Waals surface area contributed by atoms with Crippen molar-refractivity contribution in [1.29, 1.82) is 0 Å². The predicted octanol–water partition coefficient (Wildman–Crippen LogP) is 2.09. The van der Waals surface area contributed by atoms with Crippen LogP contribution in [0, 0.1) is 6.92 Å². The smallest absolute Gasteiger partial charge is 0.306 e. The SMILES string of the molecule is [2H]C(CCCCCC)C(=O)O[C@@H]1C(Oc2ccccc2C)O[C@H](CO)[C@@H](O)[C@@H]1O. The van der Waals surface area contributed by atoms with Crippen LogP contribution in [-0.4, -0.2) is 58.6 Å². The van der Waals surface area contributed by atoms with Crippen molar-refractivity contribution < 1.29 is 35.7 Å². The van der Waals surface area contributed by atoms with E-state index in [9.17, 15) is 20.1 Å². The highest BCUT2D eigenvalue weighted by molar-refractivity contribution is 5.69. The van der Waals surface area contributed by atoms with Crippen LogP contribution >= 0.6 is 0 Å². The van der Waals surface area contributed by atoms with Crippen molar-refractivity contribution in [2.45, 2.75) is 83.1 Å². The Morgan fingerprint density at radius 3 is 2.57 bits per heavy atom. The Labute approximate surface area is 167 Å². The zero-order chi connectivity index (χ0) is 21.4. The van der Waals surface area contributed by atoms with Crippen molar-refractivity contribution >= 4 is 5.97 Å². The van der Waals surface area contributed by atoms with Gasteiger partial charge in [0.25, 0.3) is 0 Å². The van der Waals surface area contributed by atoms with E-state index in [0.717, 1.165) is 31.2 Å². The van der Waals surface area contributed by atoms with Gasteiger partial charge in [0.2, 0.25) is 6.29 Å². The summed E-state index contributed by atoms with van der Waals surface area (Å²) in [7, 11) is 0. The largest absolute Gasteiger partial charge is 0.460 e. The highest BCUT2D eigenvalue weighted by atomic mass is 16.7. The first kappa shape index (κ1) is 21.0. The number of aliphatic hydroxyl groups is 3. The molecule has 158 valence electrons. The Balaban J connectivity index is 2.09. The first-order valence-electron chi connectivity index (χ1n) is 10.4. The number of aliphatic hydroxyl groups excluding tert-OH is 3. The molecular weight excluding hydrogens is 364 g/mol. The minimum atomic E-state index is -1.52. The van der Waals surface area contributed by atoms with E-state index in [-0.39, 0.29) is 0 Å². The molecule has 2 unspecified atom stereocenters. The lowest BCUT2D eigenvalue weighted by molar-refractivity contribution is -0.282. The molecule has 0 amide bonds. The molecule has 0 aliphatic carbocycles. The van der Waals surface area contributed by atoms with Crippen LogP contribution in [-0.2, 0) is 14.3 Å². The van der Waals surface area contributed by atoms with Crippen LogP contribution < -0.4 is 4.74 Å². The maximum absolute atomic E-state index is 12.4. The number of benzene rings is 1. The van der Waals surface area contributed by atoms with E-state index in [1.54, 1.807) is 12.1 Å². The Morgan fingerprint density at radius 2 is 1.89 bits per heavy atom. The van der Waals surface area contributed by atoms with Gasteiger partial charge < -0.3 is 29.5 Å². The number of ether oxygens (including phenoxy) is 3. The molecule has 1 aliphatic rings. The number of para-hydroxylation sites is 1. The summed E-state index contributed by atoms with van der Waals surface area (Å²) < 4.78 is 24.7. The van der Waals surface area contributed by atoms with Crippen LogP contribution in [0.15, 0.2) is 24.3 Å². The molecule has 1 aromatic carbocycles. The van der Waals surface area contributed by atoms with Crippen LogP contribution in [0.2, 0.25) is 0 Å². The van der Waals surface area contributed by atoms with E-state index in [1.165, 1.54) is 0 Å². The fraction of sp³-hybridized carbons (Fsp3) is 0.667. The van der Waals surface area contributed by atoms with Gasteiger partial charge in [-0.15, -0.1) is 0 Å². The van der Waals surface area contributed by atoms with Gasteiger partial charge >= 0.3 is 5.97 Å². The molecule has 1 aromatic rings. The Hall–Kier alpha value is -1.67. The number of unbranched alkanes of at least 4 members (excludes halogenated alkanes) is 3. The summed E-state index contributed by atoms with van der Waals surface area (Å²) in [5.74, 6) is -0.344. The topological polar surface area (TPSA) is 105 Å². The molecule has 6 atom stereocenters. The number of esters is 1. The van der Waals surface area contributed by atoms with Gasteiger partial charge in [-0.2, -0.15) is 0 Å². The van der Waals surface area contributed by atoms with Crippen molar-refractivity contribution in [2.75, 3.05) is 6.61 Å². The second-order valence-corrected chi connectivity index (χ2v) is 7.04. The fourth-order valence-corrected chi connectivity index (χ4v) is 3.06. The summed E-state index contributed by atoms with van der Waals surface area (Å²) in [6, 6.07) is 7.12. The van der Waals surface area contributed by atoms with Gasteiger partial charge in [0.05, 0.1) is 6.61 Å². The number of hydrogen-bond donors (Lipinski definition) is 3. The average molecular weight is 397 g/mol. The Morgan fingerprint density at radius 1 is 1.18 bits per heavy atom. The van der Waals surface area contributed by atoms with Gasteiger partial charge in [-0.05, 0) is 25.0 Å². The molecule has 7 heteroatoms. The molecule has 1 aliphatic heterocycles. The molecule has 0 radical (unpaired) electrons. The highest BCUT2D eigenvalue weighted by Gasteiger charge is 2.47. The maximum atomic E-state index is 12.4. The van der Waals surface area contributed by atoms with Crippen LogP contribution in [0.25, 0.3) is 0 Å². The van der Waals surface area contributed by atoms with Crippen LogP contribution in [0.3, 0.4) is 0 Å². The number of aryl methyl sites for hydroxylation is 1. The number of hydrogen-bond acceptors (Lipinski definition) is 7. The van der Waals surface area contributed by atoms with Gasteiger partial charge in [0.1, 0.15) is 24.1 Å². The lowest BCUT2D eigenvalue weighted by atomic mass is 9.99. The van der Waals surface area contributed by atoms with Crippen LogP contribution in [0.5, 0.6) is 5.75 Å². The molecule has 0 aromatic heterocycles. The number of rotatable bonds is 10. The standard InChI is InChI=1S/C21H32O7/c1-3-4-5-6-7-12-17(23)28-20-19(25)18(24)16(13-22)27-21(20)26-15-11-9-8-10-14(15)2/h8-11,16,18-22,24-25H,3-7,12-13H2,1-2H3/t16-,18-,19+,20+,21?/m1/s1/i12D/t12?,16-,18-,19+,20+,21?. The fourth-order valence-electron chi connectivity index (χ4n) is 3.06. The molecule has 28 heavy (non-hydrogen) atoms. The molecule has 1 fully saturated rings.